The molecule has 1 N–H and O–H groups in total. The Kier molecular flexibility index (Phi) is 6.68. The number of hydrogen-bond donors (Lipinski definition) is 1. The Bertz CT molecular complexity index is 308. The molecule has 0 saturated heterocycles. The van der Waals surface area contributed by atoms with Crippen LogP contribution in [0.5, 0.6) is 0 Å². The minimum Gasteiger partial charge on any atom is -0.370 e. The first-order valence-corrected chi connectivity index (χ1v) is 6.86. The molecular weight excluding hydrogens is 208 g/mol. The number of nitrogens with zero attached hydrogens (tertiary/aromatic N) is 1. The van der Waals surface area contributed by atoms with Crippen LogP contribution < -0.4 is 5.32 Å². The lowest BCUT2D eigenvalue weighted by molar-refractivity contribution is 0.523. The van der Waals surface area contributed by atoms with Crippen molar-refractivity contribution in [3.63, 3.8) is 0 Å². The Hall–Kier alpha value is -1.05. The topological polar surface area (TPSA) is 24.9 Å². The van der Waals surface area contributed by atoms with Gasteiger partial charge in [-0.05, 0) is 31.4 Å². The summed E-state index contributed by atoms with van der Waals surface area (Å²) < 4.78 is 0. The van der Waals surface area contributed by atoms with Crippen LogP contribution in [0.3, 0.4) is 0 Å². The van der Waals surface area contributed by atoms with Crippen molar-refractivity contribution in [2.45, 2.75) is 52.9 Å². The van der Waals surface area contributed by atoms with E-state index >= 15 is 0 Å². The second-order valence-electron chi connectivity index (χ2n) is 5.19. The Labute approximate surface area is 106 Å². The summed E-state index contributed by atoms with van der Waals surface area (Å²) in [6, 6.07) is 6.11. The van der Waals surface area contributed by atoms with Crippen LogP contribution in [0.1, 0.15) is 51.6 Å². The van der Waals surface area contributed by atoms with Gasteiger partial charge in [-0.3, -0.25) is 0 Å². The van der Waals surface area contributed by atoms with Crippen molar-refractivity contribution < 1.29 is 0 Å². The summed E-state index contributed by atoms with van der Waals surface area (Å²) in [5.41, 5.74) is 1.08. The van der Waals surface area contributed by atoms with Crippen LogP contribution in [0.25, 0.3) is 0 Å². The summed E-state index contributed by atoms with van der Waals surface area (Å²) in [6.45, 7) is 7.66. The minimum absolute atomic E-state index is 0.851. The zero-order valence-electron chi connectivity index (χ0n) is 11.5. The molecular formula is C15H26N2. The number of pyridine rings is 1. The lowest BCUT2D eigenvalue weighted by Gasteiger charge is -2.06. The molecule has 1 aromatic heterocycles. The summed E-state index contributed by atoms with van der Waals surface area (Å²) in [5.74, 6) is 1.86. The van der Waals surface area contributed by atoms with Gasteiger partial charge in [0, 0.05) is 12.2 Å². The van der Waals surface area contributed by atoms with Gasteiger partial charge in [0.05, 0.1) is 0 Å². The summed E-state index contributed by atoms with van der Waals surface area (Å²) >= 11 is 0. The van der Waals surface area contributed by atoms with E-state index in [0.29, 0.717) is 0 Å². The lowest BCUT2D eigenvalue weighted by Crippen LogP contribution is -2.03. The second kappa shape index (κ2) is 8.10. The van der Waals surface area contributed by atoms with Gasteiger partial charge in [0.2, 0.25) is 0 Å². The van der Waals surface area contributed by atoms with Crippen LogP contribution in [0, 0.1) is 12.8 Å². The first-order chi connectivity index (χ1) is 8.18. The Morgan fingerprint density at radius 3 is 2.59 bits per heavy atom. The van der Waals surface area contributed by atoms with Gasteiger partial charge in [0.1, 0.15) is 5.82 Å². The van der Waals surface area contributed by atoms with Crippen LogP contribution in [-0.4, -0.2) is 11.5 Å². The molecule has 0 fully saturated rings. The second-order valence-corrected chi connectivity index (χ2v) is 5.19. The number of anilines is 1. The normalized spacial score (nSPS) is 10.8. The number of unbranched alkanes of at least 4 members (excludes halogenated alkanes) is 3. The highest BCUT2D eigenvalue weighted by Crippen LogP contribution is 2.10. The van der Waals surface area contributed by atoms with Gasteiger partial charge in [0.15, 0.2) is 0 Å². The summed E-state index contributed by atoms with van der Waals surface area (Å²) in [4.78, 5) is 4.42. The van der Waals surface area contributed by atoms with Crippen molar-refractivity contribution in [2.24, 2.45) is 5.92 Å². The molecule has 0 amide bonds. The van der Waals surface area contributed by atoms with Crippen molar-refractivity contribution >= 4 is 5.82 Å². The molecule has 2 nitrogen and oxygen atoms in total. The molecule has 0 aliphatic carbocycles. The van der Waals surface area contributed by atoms with Gasteiger partial charge in [-0.25, -0.2) is 4.98 Å². The highest BCUT2D eigenvalue weighted by molar-refractivity contribution is 5.34. The molecule has 1 rings (SSSR count). The number of aromatic nitrogens is 1. The van der Waals surface area contributed by atoms with Gasteiger partial charge in [-0.15, -0.1) is 0 Å². The van der Waals surface area contributed by atoms with Crippen molar-refractivity contribution in [1.29, 1.82) is 0 Å². The molecule has 0 aliphatic heterocycles. The number of rotatable bonds is 8. The molecule has 17 heavy (non-hydrogen) atoms. The highest BCUT2D eigenvalue weighted by atomic mass is 15.0. The molecule has 0 aromatic carbocycles. The SMILES string of the molecule is Cc1cccc(NCCCCCCC(C)C)n1. The van der Waals surface area contributed by atoms with Crippen molar-refractivity contribution in [2.75, 3.05) is 11.9 Å². The number of hydrogen-bond acceptors (Lipinski definition) is 2. The van der Waals surface area contributed by atoms with E-state index in [1.54, 1.807) is 0 Å². The molecule has 0 spiro atoms. The quantitative estimate of drug-likeness (QED) is 0.674. The maximum Gasteiger partial charge on any atom is 0.126 e. The van der Waals surface area contributed by atoms with E-state index in [9.17, 15) is 0 Å². The standard InChI is InChI=1S/C15H26N2/c1-13(2)9-6-4-5-7-12-16-15-11-8-10-14(3)17-15/h8,10-11,13H,4-7,9,12H2,1-3H3,(H,16,17). The molecule has 96 valence electrons. The Morgan fingerprint density at radius 1 is 1.12 bits per heavy atom. The van der Waals surface area contributed by atoms with E-state index in [2.05, 4.69) is 24.1 Å². The summed E-state index contributed by atoms with van der Waals surface area (Å²) in [7, 11) is 0. The molecule has 0 atom stereocenters. The summed E-state index contributed by atoms with van der Waals surface area (Å²) in [5, 5.41) is 3.37. The van der Waals surface area contributed by atoms with Crippen LogP contribution in [-0.2, 0) is 0 Å². The Balaban J connectivity index is 2.01. The third kappa shape index (κ3) is 6.98. The first kappa shape index (κ1) is 14.0. The van der Waals surface area contributed by atoms with E-state index in [1.165, 1.54) is 32.1 Å². The van der Waals surface area contributed by atoms with E-state index in [0.717, 1.165) is 24.0 Å². The van der Waals surface area contributed by atoms with E-state index < -0.39 is 0 Å². The van der Waals surface area contributed by atoms with Crippen LogP contribution in [0.15, 0.2) is 18.2 Å². The molecule has 1 aromatic rings. The number of aryl methyl sites for hydroxylation is 1. The smallest absolute Gasteiger partial charge is 0.126 e. The lowest BCUT2D eigenvalue weighted by atomic mass is 10.0. The predicted octanol–water partition coefficient (Wildman–Crippen LogP) is 4.41. The molecule has 0 radical (unpaired) electrons. The van der Waals surface area contributed by atoms with Gasteiger partial charge in [-0.2, -0.15) is 0 Å². The summed E-state index contributed by atoms with van der Waals surface area (Å²) in [6.07, 6.45) is 6.67. The average molecular weight is 234 g/mol. The van der Waals surface area contributed by atoms with Crippen LogP contribution in [0.2, 0.25) is 0 Å². The van der Waals surface area contributed by atoms with Gasteiger partial charge in [0.25, 0.3) is 0 Å². The zero-order chi connectivity index (χ0) is 12.5. The van der Waals surface area contributed by atoms with Crippen LogP contribution in [0.4, 0.5) is 5.82 Å². The third-order valence-corrected chi connectivity index (χ3v) is 2.90. The van der Waals surface area contributed by atoms with Crippen LogP contribution >= 0.6 is 0 Å². The molecule has 0 unspecified atom stereocenters. The molecule has 2 heteroatoms. The fourth-order valence-corrected chi connectivity index (χ4v) is 1.89. The molecule has 0 bridgehead atoms. The first-order valence-electron chi connectivity index (χ1n) is 6.86. The maximum absolute atomic E-state index is 4.42. The molecule has 0 aliphatic rings. The average Bonchev–Trinajstić information content (AvgIpc) is 2.27. The van der Waals surface area contributed by atoms with Gasteiger partial charge in [-0.1, -0.05) is 45.6 Å². The largest absolute Gasteiger partial charge is 0.370 e. The van der Waals surface area contributed by atoms with Crippen molar-refractivity contribution in [3.8, 4) is 0 Å². The molecule has 0 saturated carbocycles. The fourth-order valence-electron chi connectivity index (χ4n) is 1.89. The Morgan fingerprint density at radius 2 is 1.88 bits per heavy atom. The maximum atomic E-state index is 4.42. The molecule has 1 heterocycles. The highest BCUT2D eigenvalue weighted by Gasteiger charge is 1.96. The monoisotopic (exact) mass is 234 g/mol. The zero-order valence-corrected chi connectivity index (χ0v) is 11.5. The minimum atomic E-state index is 0.851. The van der Waals surface area contributed by atoms with Gasteiger partial charge < -0.3 is 5.32 Å². The fraction of sp³-hybridized carbons (Fsp3) is 0.667. The van der Waals surface area contributed by atoms with Crippen molar-refractivity contribution in [1.82, 2.24) is 4.98 Å². The van der Waals surface area contributed by atoms with Gasteiger partial charge >= 0.3 is 0 Å². The van der Waals surface area contributed by atoms with E-state index in [1.807, 2.05) is 25.1 Å². The van der Waals surface area contributed by atoms with E-state index in [-0.39, 0.29) is 0 Å². The number of nitrogens with one attached hydrogen (secondary N) is 1. The van der Waals surface area contributed by atoms with Crippen molar-refractivity contribution in [3.05, 3.63) is 23.9 Å². The van der Waals surface area contributed by atoms with E-state index in [4.69, 9.17) is 0 Å². The predicted molar refractivity (Wildman–Crippen MR) is 75.4 cm³/mol. The third-order valence-electron chi connectivity index (χ3n) is 2.90.